The molecule has 0 aromatic carbocycles. The molecule has 2 heterocycles. The molecule has 1 unspecified atom stereocenters. The third-order valence-corrected chi connectivity index (χ3v) is 11.6. The van der Waals surface area contributed by atoms with E-state index in [2.05, 4.69) is 27.7 Å². The zero-order valence-electron chi connectivity index (χ0n) is 19.9. The highest BCUT2D eigenvalue weighted by Gasteiger charge is 2.70. The molecule has 4 aliphatic carbocycles. The zero-order valence-corrected chi connectivity index (χ0v) is 19.9. The number of fused-ring (bicyclic) bond motifs is 7. The maximum absolute atomic E-state index is 13.9. The normalized spacial score (nSPS) is 60.9. The van der Waals surface area contributed by atoms with Gasteiger partial charge in [0.1, 0.15) is 5.78 Å². The van der Waals surface area contributed by atoms with Gasteiger partial charge in [-0.2, -0.15) is 0 Å². The standard InChI is InChI=1S/C27H42O4/c1-15-7-10-27(30-14-15)16(2)23-22(31-27)12-20-19-6-5-17-11-18(28)8-9-25(17,3)24(19)21(29)13-26(20,23)4/h15-20,22-24,28H,5-14H2,1-4H3/t15?,16-,17+,18-,19-,20-,22-,23-,24+,25-,26-,27+/m0/s1. The van der Waals surface area contributed by atoms with Crippen molar-refractivity contribution in [3.8, 4) is 0 Å². The van der Waals surface area contributed by atoms with Crippen LogP contribution < -0.4 is 0 Å². The number of aliphatic hydroxyl groups excluding tert-OH is 1. The summed E-state index contributed by atoms with van der Waals surface area (Å²) in [6.07, 6.45) is 9.26. The Kier molecular flexibility index (Phi) is 4.62. The maximum atomic E-state index is 13.9. The van der Waals surface area contributed by atoms with E-state index in [9.17, 15) is 9.90 Å². The van der Waals surface area contributed by atoms with Gasteiger partial charge >= 0.3 is 0 Å². The van der Waals surface area contributed by atoms with E-state index >= 15 is 0 Å². The molecule has 0 amide bonds. The SMILES string of the molecule is CC1CC[C@@]2(OC1)O[C@H]1C[C@H]3[C@@H]4CC[C@@H]5C[C@@H](O)CC[C@]5(C)[C@H]4C(=O)C[C@]3(C)[C@H]1[C@@H]2C. The molecular formula is C27H42O4. The van der Waals surface area contributed by atoms with Crippen molar-refractivity contribution in [1.29, 1.82) is 0 Å². The van der Waals surface area contributed by atoms with Gasteiger partial charge in [-0.05, 0) is 85.4 Å². The molecule has 0 bridgehead atoms. The Morgan fingerprint density at radius 2 is 1.81 bits per heavy atom. The lowest BCUT2D eigenvalue weighted by molar-refractivity contribution is -0.272. The first-order valence-corrected chi connectivity index (χ1v) is 13.2. The molecule has 2 aliphatic heterocycles. The smallest absolute Gasteiger partial charge is 0.171 e. The van der Waals surface area contributed by atoms with Crippen molar-refractivity contribution < 1.29 is 19.4 Å². The van der Waals surface area contributed by atoms with Crippen molar-refractivity contribution in [1.82, 2.24) is 0 Å². The summed E-state index contributed by atoms with van der Waals surface area (Å²) in [5.41, 5.74) is 0.143. The minimum absolute atomic E-state index is 0.0512. The van der Waals surface area contributed by atoms with Gasteiger partial charge in [0, 0.05) is 24.7 Å². The van der Waals surface area contributed by atoms with E-state index in [-0.39, 0.29) is 29.0 Å². The summed E-state index contributed by atoms with van der Waals surface area (Å²) in [6, 6.07) is 0. The predicted octanol–water partition coefficient (Wildman–Crippen LogP) is 4.97. The average Bonchev–Trinajstić information content (AvgIpc) is 3.15. The van der Waals surface area contributed by atoms with Crippen LogP contribution in [0, 0.1) is 52.3 Å². The number of aliphatic hydroxyl groups is 1. The molecule has 4 heteroatoms. The van der Waals surface area contributed by atoms with Crippen molar-refractivity contribution in [2.75, 3.05) is 6.61 Å². The van der Waals surface area contributed by atoms with E-state index in [0.717, 1.165) is 51.6 Å². The Hall–Kier alpha value is -0.450. The Morgan fingerprint density at radius 3 is 2.55 bits per heavy atom. The third-order valence-electron chi connectivity index (χ3n) is 11.6. The molecule has 174 valence electrons. The summed E-state index contributed by atoms with van der Waals surface area (Å²) >= 11 is 0. The second kappa shape index (κ2) is 6.79. The number of hydrogen-bond acceptors (Lipinski definition) is 4. The molecule has 31 heavy (non-hydrogen) atoms. The van der Waals surface area contributed by atoms with Crippen LogP contribution in [0.1, 0.15) is 85.5 Å². The minimum Gasteiger partial charge on any atom is -0.393 e. The number of rotatable bonds is 0. The van der Waals surface area contributed by atoms with E-state index in [1.807, 2.05) is 0 Å². The topological polar surface area (TPSA) is 55.8 Å². The number of ketones is 1. The second-order valence-corrected chi connectivity index (χ2v) is 13.1. The second-order valence-electron chi connectivity index (χ2n) is 13.1. The molecule has 4 saturated carbocycles. The number of carbonyl (C=O) groups is 1. The molecule has 4 nitrogen and oxygen atoms in total. The molecular weight excluding hydrogens is 388 g/mol. The Labute approximate surface area is 187 Å². The van der Waals surface area contributed by atoms with Crippen LogP contribution in [0.5, 0.6) is 0 Å². The van der Waals surface area contributed by atoms with Gasteiger partial charge in [-0.1, -0.05) is 27.7 Å². The summed E-state index contributed by atoms with van der Waals surface area (Å²) in [5.74, 6) is 3.36. The number of Topliss-reactive ketones (excluding diaryl/α,β-unsaturated/α-hetero) is 1. The van der Waals surface area contributed by atoms with E-state index in [0.29, 0.717) is 41.3 Å². The largest absolute Gasteiger partial charge is 0.393 e. The molecule has 6 fully saturated rings. The van der Waals surface area contributed by atoms with Gasteiger partial charge in [-0.3, -0.25) is 4.79 Å². The monoisotopic (exact) mass is 430 g/mol. The van der Waals surface area contributed by atoms with Gasteiger partial charge in [0.2, 0.25) is 0 Å². The van der Waals surface area contributed by atoms with Crippen LogP contribution in [0.15, 0.2) is 0 Å². The van der Waals surface area contributed by atoms with Crippen LogP contribution in [0.3, 0.4) is 0 Å². The van der Waals surface area contributed by atoms with E-state index in [1.54, 1.807) is 0 Å². The highest BCUT2D eigenvalue weighted by atomic mass is 16.7. The lowest BCUT2D eigenvalue weighted by atomic mass is 9.44. The van der Waals surface area contributed by atoms with Gasteiger partial charge in [0.25, 0.3) is 0 Å². The first-order valence-electron chi connectivity index (χ1n) is 13.2. The molecule has 12 atom stereocenters. The molecule has 1 spiro atoms. The fourth-order valence-corrected chi connectivity index (χ4v) is 10.1. The maximum Gasteiger partial charge on any atom is 0.171 e. The van der Waals surface area contributed by atoms with Gasteiger partial charge < -0.3 is 14.6 Å². The summed E-state index contributed by atoms with van der Waals surface area (Å²) in [5, 5.41) is 10.3. The van der Waals surface area contributed by atoms with Crippen molar-refractivity contribution >= 4 is 5.78 Å². The van der Waals surface area contributed by atoms with Gasteiger partial charge in [0.05, 0.1) is 18.8 Å². The van der Waals surface area contributed by atoms with Crippen LogP contribution in [0.4, 0.5) is 0 Å². The van der Waals surface area contributed by atoms with Gasteiger partial charge in [-0.15, -0.1) is 0 Å². The van der Waals surface area contributed by atoms with Gasteiger partial charge in [-0.25, -0.2) is 0 Å². The first kappa shape index (κ1) is 21.1. The molecule has 6 rings (SSSR count). The molecule has 2 saturated heterocycles. The van der Waals surface area contributed by atoms with Crippen LogP contribution in [0.2, 0.25) is 0 Å². The lowest BCUT2D eigenvalue weighted by Gasteiger charge is -2.60. The van der Waals surface area contributed by atoms with Crippen molar-refractivity contribution in [3.63, 3.8) is 0 Å². The number of hydrogen-bond donors (Lipinski definition) is 1. The summed E-state index contributed by atoms with van der Waals surface area (Å²) in [4.78, 5) is 13.9. The average molecular weight is 431 g/mol. The molecule has 6 aliphatic rings. The van der Waals surface area contributed by atoms with Crippen molar-refractivity contribution in [2.45, 2.75) is 103 Å². The summed E-state index contributed by atoms with van der Waals surface area (Å²) < 4.78 is 13.2. The quantitative estimate of drug-likeness (QED) is 0.589. The molecule has 1 N–H and O–H groups in total. The molecule has 0 radical (unpaired) electrons. The van der Waals surface area contributed by atoms with Crippen LogP contribution >= 0.6 is 0 Å². The predicted molar refractivity (Wildman–Crippen MR) is 118 cm³/mol. The molecule has 0 aromatic heterocycles. The van der Waals surface area contributed by atoms with Gasteiger partial charge in [0.15, 0.2) is 5.79 Å². The zero-order chi connectivity index (χ0) is 21.8. The Bertz CT molecular complexity index is 756. The first-order chi connectivity index (χ1) is 14.7. The van der Waals surface area contributed by atoms with E-state index in [4.69, 9.17) is 9.47 Å². The highest BCUT2D eigenvalue weighted by molar-refractivity contribution is 5.84. The number of ether oxygens (including phenoxy) is 2. The Morgan fingerprint density at radius 1 is 1.00 bits per heavy atom. The summed E-state index contributed by atoms with van der Waals surface area (Å²) in [6.45, 7) is 10.2. The van der Waals surface area contributed by atoms with E-state index < -0.39 is 5.79 Å². The summed E-state index contributed by atoms with van der Waals surface area (Å²) in [7, 11) is 0. The van der Waals surface area contributed by atoms with Crippen LogP contribution in [-0.2, 0) is 14.3 Å². The number of carbonyl (C=O) groups excluding carboxylic acids is 1. The van der Waals surface area contributed by atoms with E-state index in [1.165, 1.54) is 12.8 Å². The van der Waals surface area contributed by atoms with Crippen molar-refractivity contribution in [2.24, 2.45) is 52.3 Å². The highest BCUT2D eigenvalue weighted by Crippen LogP contribution is 2.70. The van der Waals surface area contributed by atoms with Crippen LogP contribution in [-0.4, -0.2) is 35.5 Å². The fraction of sp³-hybridized carbons (Fsp3) is 0.963. The minimum atomic E-state index is -0.404. The third kappa shape index (κ3) is 2.74. The Balaban J connectivity index is 1.30. The van der Waals surface area contributed by atoms with Crippen LogP contribution in [0.25, 0.3) is 0 Å². The van der Waals surface area contributed by atoms with Crippen molar-refractivity contribution in [3.05, 3.63) is 0 Å². The fourth-order valence-electron chi connectivity index (χ4n) is 10.1. The lowest BCUT2D eigenvalue weighted by Crippen LogP contribution is -2.58. The molecule has 0 aromatic rings.